The molecule has 4 rings (SSSR count). The second-order valence-corrected chi connectivity index (χ2v) is 5.68. The third kappa shape index (κ3) is 1.80. The molecule has 1 fully saturated rings. The highest BCUT2D eigenvalue weighted by atomic mass is 15.1. The zero-order chi connectivity index (χ0) is 12.7. The van der Waals surface area contributed by atoms with E-state index in [0.29, 0.717) is 5.92 Å². The number of hydrogen-bond acceptors (Lipinski definition) is 2. The Hall–Kier alpha value is -1.61. The molecule has 0 amide bonds. The molecule has 98 valence electrons. The van der Waals surface area contributed by atoms with Crippen LogP contribution in [0, 0.1) is 5.92 Å². The number of piperidine rings is 1. The number of benzene rings is 1. The van der Waals surface area contributed by atoms with Crippen LogP contribution in [0.25, 0.3) is 0 Å². The highest BCUT2D eigenvalue weighted by Gasteiger charge is 2.33. The molecular weight excluding hydrogens is 234 g/mol. The molecule has 1 unspecified atom stereocenters. The molecule has 1 atom stereocenters. The van der Waals surface area contributed by atoms with Crippen LogP contribution in [0.5, 0.6) is 0 Å². The normalized spacial score (nSPS) is 22.8. The van der Waals surface area contributed by atoms with E-state index in [2.05, 4.69) is 45.3 Å². The summed E-state index contributed by atoms with van der Waals surface area (Å²) >= 11 is 0. The van der Waals surface area contributed by atoms with Crippen LogP contribution >= 0.6 is 0 Å². The van der Waals surface area contributed by atoms with Gasteiger partial charge in [0.1, 0.15) is 5.82 Å². The van der Waals surface area contributed by atoms with Crippen LogP contribution in [0.4, 0.5) is 0 Å². The van der Waals surface area contributed by atoms with Gasteiger partial charge in [0.15, 0.2) is 0 Å². The fraction of sp³-hybridized carbons (Fsp3) is 0.438. The van der Waals surface area contributed by atoms with Gasteiger partial charge < -0.3 is 9.88 Å². The lowest BCUT2D eigenvalue weighted by atomic mass is 9.77. The van der Waals surface area contributed by atoms with Crippen molar-refractivity contribution in [1.29, 1.82) is 0 Å². The molecule has 0 aliphatic carbocycles. The van der Waals surface area contributed by atoms with E-state index in [-0.39, 0.29) is 0 Å². The Labute approximate surface area is 113 Å². The molecule has 2 aromatic rings. The summed E-state index contributed by atoms with van der Waals surface area (Å²) in [5, 5.41) is 3.47. The molecule has 0 saturated carbocycles. The Morgan fingerprint density at radius 2 is 2.00 bits per heavy atom. The number of fused-ring (bicyclic) bond motifs is 2. The van der Waals surface area contributed by atoms with Crippen molar-refractivity contribution in [2.45, 2.75) is 25.3 Å². The summed E-state index contributed by atoms with van der Waals surface area (Å²) in [6.07, 6.45) is 6.59. The summed E-state index contributed by atoms with van der Waals surface area (Å²) in [6, 6.07) is 8.90. The molecule has 3 nitrogen and oxygen atoms in total. The molecule has 1 aromatic carbocycles. The first-order chi connectivity index (χ1) is 9.43. The van der Waals surface area contributed by atoms with Crippen molar-refractivity contribution in [1.82, 2.24) is 14.9 Å². The highest BCUT2D eigenvalue weighted by molar-refractivity contribution is 5.38. The first-order valence-corrected chi connectivity index (χ1v) is 7.23. The second-order valence-electron chi connectivity index (χ2n) is 5.68. The maximum absolute atomic E-state index is 4.65. The predicted octanol–water partition coefficient (Wildman–Crippen LogP) is 2.38. The van der Waals surface area contributed by atoms with E-state index in [9.17, 15) is 0 Å². The van der Waals surface area contributed by atoms with Crippen LogP contribution in [0.2, 0.25) is 0 Å². The summed E-state index contributed by atoms with van der Waals surface area (Å²) in [5.74, 6) is 2.48. The third-order valence-corrected chi connectivity index (χ3v) is 4.61. The van der Waals surface area contributed by atoms with Crippen molar-refractivity contribution < 1.29 is 0 Å². The van der Waals surface area contributed by atoms with Gasteiger partial charge in [0.05, 0.1) is 0 Å². The average Bonchev–Trinajstić information content (AvgIpc) is 2.93. The van der Waals surface area contributed by atoms with Gasteiger partial charge in [-0.1, -0.05) is 24.3 Å². The maximum Gasteiger partial charge on any atom is 0.116 e. The second kappa shape index (κ2) is 4.49. The molecule has 1 aromatic heterocycles. The molecule has 0 spiro atoms. The van der Waals surface area contributed by atoms with E-state index in [1.54, 1.807) is 0 Å². The number of hydrogen-bond donors (Lipinski definition) is 1. The molecule has 1 saturated heterocycles. The molecule has 2 aliphatic rings. The van der Waals surface area contributed by atoms with Crippen molar-refractivity contribution in [2.24, 2.45) is 5.92 Å². The van der Waals surface area contributed by atoms with Crippen LogP contribution in [0.1, 0.15) is 35.7 Å². The van der Waals surface area contributed by atoms with Gasteiger partial charge in [-0.3, -0.25) is 0 Å². The summed E-state index contributed by atoms with van der Waals surface area (Å²) in [5.41, 5.74) is 2.98. The van der Waals surface area contributed by atoms with E-state index >= 15 is 0 Å². The number of nitrogens with one attached hydrogen (secondary N) is 1. The van der Waals surface area contributed by atoms with Crippen LogP contribution < -0.4 is 5.32 Å². The minimum Gasteiger partial charge on any atom is -0.330 e. The Kier molecular flexibility index (Phi) is 2.66. The van der Waals surface area contributed by atoms with Gasteiger partial charge >= 0.3 is 0 Å². The van der Waals surface area contributed by atoms with Crippen molar-refractivity contribution >= 4 is 0 Å². The van der Waals surface area contributed by atoms with Gasteiger partial charge in [0.2, 0.25) is 0 Å². The quantitative estimate of drug-likeness (QED) is 0.845. The number of aromatic nitrogens is 2. The summed E-state index contributed by atoms with van der Waals surface area (Å²) in [7, 11) is 0. The van der Waals surface area contributed by atoms with Crippen molar-refractivity contribution in [3.63, 3.8) is 0 Å². The van der Waals surface area contributed by atoms with Crippen LogP contribution in [0.15, 0.2) is 36.7 Å². The fourth-order valence-electron chi connectivity index (χ4n) is 3.68. The van der Waals surface area contributed by atoms with E-state index in [0.717, 1.165) is 25.6 Å². The van der Waals surface area contributed by atoms with Crippen LogP contribution in [-0.4, -0.2) is 22.6 Å². The lowest BCUT2D eigenvalue weighted by Crippen LogP contribution is -2.34. The third-order valence-electron chi connectivity index (χ3n) is 4.61. The minimum atomic E-state index is 0.488. The Balaban J connectivity index is 1.81. The minimum absolute atomic E-state index is 0.488. The molecule has 3 heterocycles. The van der Waals surface area contributed by atoms with Gasteiger partial charge in [-0.2, -0.15) is 0 Å². The first-order valence-electron chi connectivity index (χ1n) is 7.23. The van der Waals surface area contributed by atoms with E-state index in [4.69, 9.17) is 0 Å². The molecular formula is C16H19N3. The van der Waals surface area contributed by atoms with Gasteiger partial charge in [-0.15, -0.1) is 0 Å². The molecule has 2 aliphatic heterocycles. The van der Waals surface area contributed by atoms with Crippen molar-refractivity contribution in [3.8, 4) is 0 Å². The monoisotopic (exact) mass is 253 g/mol. The van der Waals surface area contributed by atoms with Crippen molar-refractivity contribution in [2.75, 3.05) is 13.1 Å². The molecule has 19 heavy (non-hydrogen) atoms. The van der Waals surface area contributed by atoms with Crippen LogP contribution in [0.3, 0.4) is 0 Å². The highest BCUT2D eigenvalue weighted by Crippen LogP contribution is 2.40. The maximum atomic E-state index is 4.65. The number of rotatable bonds is 1. The smallest absolute Gasteiger partial charge is 0.116 e. The fourth-order valence-corrected chi connectivity index (χ4v) is 3.68. The van der Waals surface area contributed by atoms with E-state index in [1.807, 2.05) is 6.20 Å². The summed E-state index contributed by atoms with van der Waals surface area (Å²) in [6.45, 7) is 3.26. The SMILES string of the molecule is c1ccc2c(c1)Cn1ccnc1C2C1CCNCC1. The number of nitrogens with zero attached hydrogens (tertiary/aromatic N) is 2. The predicted molar refractivity (Wildman–Crippen MR) is 75.2 cm³/mol. The van der Waals surface area contributed by atoms with Gasteiger partial charge in [0, 0.05) is 24.9 Å². The summed E-state index contributed by atoms with van der Waals surface area (Å²) < 4.78 is 2.33. The molecule has 1 N–H and O–H groups in total. The topological polar surface area (TPSA) is 29.9 Å². The molecule has 3 heteroatoms. The largest absolute Gasteiger partial charge is 0.330 e. The lowest BCUT2D eigenvalue weighted by molar-refractivity contribution is 0.325. The first kappa shape index (κ1) is 11.2. The van der Waals surface area contributed by atoms with E-state index < -0.39 is 0 Å². The average molecular weight is 253 g/mol. The van der Waals surface area contributed by atoms with Crippen LogP contribution in [-0.2, 0) is 6.54 Å². The molecule has 0 bridgehead atoms. The Bertz CT molecular complexity index is 581. The Morgan fingerprint density at radius 3 is 2.89 bits per heavy atom. The zero-order valence-electron chi connectivity index (χ0n) is 11.0. The zero-order valence-corrected chi connectivity index (χ0v) is 11.0. The van der Waals surface area contributed by atoms with Gasteiger partial charge in [0.25, 0.3) is 0 Å². The molecule has 0 radical (unpaired) electrons. The lowest BCUT2D eigenvalue weighted by Gasteiger charge is -2.35. The summed E-state index contributed by atoms with van der Waals surface area (Å²) in [4.78, 5) is 4.65. The van der Waals surface area contributed by atoms with Crippen molar-refractivity contribution in [3.05, 3.63) is 53.6 Å². The number of imidazole rings is 1. The van der Waals surface area contributed by atoms with Gasteiger partial charge in [-0.25, -0.2) is 4.98 Å². The standard InChI is InChI=1S/C16H19N3/c1-2-4-14-13(3-1)11-19-10-9-18-16(19)15(14)12-5-7-17-8-6-12/h1-4,9-10,12,15,17H,5-8,11H2. The Morgan fingerprint density at radius 1 is 1.16 bits per heavy atom. The van der Waals surface area contributed by atoms with E-state index in [1.165, 1.54) is 29.8 Å². The van der Waals surface area contributed by atoms with Gasteiger partial charge in [-0.05, 0) is 43.0 Å².